The highest BCUT2D eigenvalue weighted by molar-refractivity contribution is 6.07. The van der Waals surface area contributed by atoms with Crippen molar-refractivity contribution in [3.05, 3.63) is 59.7 Å². The number of hydrogen-bond acceptors (Lipinski definition) is 4. The largest absolute Gasteiger partial charge is 0.497 e. The first kappa shape index (κ1) is 17.5. The molecular weight excluding hydrogens is 318 g/mol. The average Bonchev–Trinajstić information content (AvgIpc) is 2.59. The average molecular weight is 334 g/mol. The van der Waals surface area contributed by atoms with Crippen LogP contribution in [0.4, 0.5) is 8.78 Å². The van der Waals surface area contributed by atoms with Crippen LogP contribution in [0.1, 0.15) is 15.9 Å². The van der Waals surface area contributed by atoms with Gasteiger partial charge < -0.3 is 14.2 Å². The summed E-state index contributed by atoms with van der Waals surface area (Å²) in [7, 11) is 3.07. The number of benzene rings is 2. The minimum Gasteiger partial charge on any atom is -0.497 e. The molecule has 0 amide bonds. The van der Waals surface area contributed by atoms with E-state index in [9.17, 15) is 13.6 Å². The van der Waals surface area contributed by atoms with Gasteiger partial charge in [0.2, 0.25) is 0 Å². The lowest BCUT2D eigenvalue weighted by Gasteiger charge is -2.07. The quantitative estimate of drug-likeness (QED) is 0.562. The molecule has 0 atom stereocenters. The number of alkyl halides is 2. The van der Waals surface area contributed by atoms with Gasteiger partial charge in [-0.2, -0.15) is 8.78 Å². The van der Waals surface area contributed by atoms with Crippen molar-refractivity contribution in [2.45, 2.75) is 6.61 Å². The monoisotopic (exact) mass is 334 g/mol. The summed E-state index contributed by atoms with van der Waals surface area (Å²) in [6.07, 6.45) is 3.00. The summed E-state index contributed by atoms with van der Waals surface area (Å²) in [5.41, 5.74) is 1.07. The number of carbonyl (C=O) groups excluding carboxylic acids is 1. The summed E-state index contributed by atoms with van der Waals surface area (Å²) in [5, 5.41) is 0. The molecule has 0 aliphatic carbocycles. The maximum Gasteiger partial charge on any atom is 0.387 e. The van der Waals surface area contributed by atoms with Gasteiger partial charge >= 0.3 is 6.61 Å². The predicted molar refractivity (Wildman–Crippen MR) is 86.0 cm³/mol. The molecule has 6 heteroatoms. The molecule has 0 saturated heterocycles. The second kappa shape index (κ2) is 8.10. The Morgan fingerprint density at radius 2 is 1.67 bits per heavy atom. The van der Waals surface area contributed by atoms with Crippen LogP contribution in [0.3, 0.4) is 0 Å². The zero-order chi connectivity index (χ0) is 17.5. The summed E-state index contributed by atoms with van der Waals surface area (Å²) >= 11 is 0. The number of halogens is 2. The van der Waals surface area contributed by atoms with Gasteiger partial charge in [-0.25, -0.2) is 0 Å². The van der Waals surface area contributed by atoms with E-state index in [4.69, 9.17) is 9.47 Å². The van der Waals surface area contributed by atoms with Crippen molar-refractivity contribution in [1.29, 1.82) is 0 Å². The molecule has 0 spiro atoms. The van der Waals surface area contributed by atoms with Crippen LogP contribution in [0, 0.1) is 0 Å². The number of allylic oxidation sites excluding steroid dienone is 1. The third kappa shape index (κ3) is 4.55. The summed E-state index contributed by atoms with van der Waals surface area (Å²) in [4.78, 5) is 12.1. The summed E-state index contributed by atoms with van der Waals surface area (Å²) in [6, 6.07) is 10.7. The summed E-state index contributed by atoms with van der Waals surface area (Å²) in [6.45, 7) is -2.89. The highest BCUT2D eigenvalue weighted by Gasteiger charge is 2.07. The van der Waals surface area contributed by atoms with Gasteiger partial charge in [-0.1, -0.05) is 0 Å². The molecule has 2 aromatic carbocycles. The van der Waals surface area contributed by atoms with Crippen LogP contribution < -0.4 is 14.2 Å². The molecule has 24 heavy (non-hydrogen) atoms. The summed E-state index contributed by atoms with van der Waals surface area (Å²) in [5.74, 6) is 0.947. The Morgan fingerprint density at radius 1 is 1.00 bits per heavy atom. The predicted octanol–water partition coefficient (Wildman–Crippen LogP) is 4.20. The Morgan fingerprint density at radius 3 is 2.25 bits per heavy atom. The molecule has 0 radical (unpaired) electrons. The van der Waals surface area contributed by atoms with Gasteiger partial charge in [0, 0.05) is 17.2 Å². The molecule has 0 aromatic heterocycles. The molecule has 0 aliphatic heterocycles. The van der Waals surface area contributed by atoms with E-state index >= 15 is 0 Å². The van der Waals surface area contributed by atoms with Gasteiger partial charge in [-0.15, -0.1) is 0 Å². The first-order valence-corrected chi connectivity index (χ1v) is 7.03. The van der Waals surface area contributed by atoms with E-state index in [-0.39, 0.29) is 11.5 Å². The SMILES string of the molecule is COc1ccc(/C=C/C(=O)c2ccc(OC(F)F)cc2)c(OC)c1. The number of ether oxygens (including phenoxy) is 3. The summed E-state index contributed by atoms with van der Waals surface area (Å²) < 4.78 is 38.8. The molecule has 2 rings (SSSR count). The van der Waals surface area contributed by atoms with E-state index in [1.807, 2.05) is 0 Å². The standard InChI is InChI=1S/C18H16F2O4/c1-22-15-9-5-13(17(11-15)23-2)6-10-16(21)12-3-7-14(8-4-12)24-18(19)20/h3-11,18H,1-2H3/b10-6+. The van der Waals surface area contributed by atoms with E-state index in [0.717, 1.165) is 0 Å². The van der Waals surface area contributed by atoms with E-state index in [0.29, 0.717) is 22.6 Å². The van der Waals surface area contributed by atoms with Crippen molar-refractivity contribution >= 4 is 11.9 Å². The fourth-order valence-corrected chi connectivity index (χ4v) is 2.02. The Labute approximate surface area is 138 Å². The Bertz CT molecular complexity index is 724. The highest BCUT2D eigenvalue weighted by atomic mass is 19.3. The van der Waals surface area contributed by atoms with Gasteiger partial charge in [-0.3, -0.25) is 4.79 Å². The number of rotatable bonds is 7. The van der Waals surface area contributed by atoms with Crippen molar-refractivity contribution in [1.82, 2.24) is 0 Å². The lowest BCUT2D eigenvalue weighted by Crippen LogP contribution is -2.02. The lowest BCUT2D eigenvalue weighted by molar-refractivity contribution is -0.0498. The van der Waals surface area contributed by atoms with E-state index < -0.39 is 6.61 Å². The van der Waals surface area contributed by atoms with Crippen molar-refractivity contribution in [3.8, 4) is 17.2 Å². The number of methoxy groups -OCH3 is 2. The van der Waals surface area contributed by atoms with Crippen LogP contribution in [0.25, 0.3) is 6.08 Å². The maximum atomic E-state index is 12.1. The third-order valence-corrected chi connectivity index (χ3v) is 3.22. The van der Waals surface area contributed by atoms with Gasteiger partial charge in [0.05, 0.1) is 14.2 Å². The molecule has 0 saturated carbocycles. The molecule has 0 fully saturated rings. The third-order valence-electron chi connectivity index (χ3n) is 3.22. The van der Waals surface area contributed by atoms with Crippen LogP contribution in [0.5, 0.6) is 17.2 Å². The zero-order valence-corrected chi connectivity index (χ0v) is 13.2. The fourth-order valence-electron chi connectivity index (χ4n) is 2.02. The number of carbonyl (C=O) groups is 1. The first-order chi connectivity index (χ1) is 11.5. The molecular formula is C18H16F2O4. The molecule has 0 bridgehead atoms. The van der Waals surface area contributed by atoms with Crippen molar-refractivity contribution in [2.24, 2.45) is 0 Å². The van der Waals surface area contributed by atoms with Gasteiger partial charge in [0.1, 0.15) is 17.2 Å². The topological polar surface area (TPSA) is 44.8 Å². The van der Waals surface area contributed by atoms with Crippen LogP contribution in [0.15, 0.2) is 48.5 Å². The molecule has 0 heterocycles. The zero-order valence-electron chi connectivity index (χ0n) is 13.2. The molecule has 0 unspecified atom stereocenters. The molecule has 126 valence electrons. The van der Waals surface area contributed by atoms with Crippen LogP contribution >= 0.6 is 0 Å². The van der Waals surface area contributed by atoms with E-state index in [1.165, 1.54) is 37.5 Å². The van der Waals surface area contributed by atoms with Crippen molar-refractivity contribution in [2.75, 3.05) is 14.2 Å². The molecule has 0 N–H and O–H groups in total. The Hall–Kier alpha value is -2.89. The number of hydrogen-bond donors (Lipinski definition) is 0. The van der Waals surface area contributed by atoms with Crippen LogP contribution in [0.2, 0.25) is 0 Å². The maximum absolute atomic E-state index is 12.1. The molecule has 0 aliphatic rings. The second-order valence-corrected chi connectivity index (χ2v) is 4.71. The first-order valence-electron chi connectivity index (χ1n) is 7.03. The second-order valence-electron chi connectivity index (χ2n) is 4.71. The van der Waals surface area contributed by atoms with Gasteiger partial charge in [0.15, 0.2) is 5.78 Å². The molecule has 2 aromatic rings. The lowest BCUT2D eigenvalue weighted by atomic mass is 10.1. The van der Waals surface area contributed by atoms with E-state index in [2.05, 4.69) is 4.74 Å². The van der Waals surface area contributed by atoms with Crippen LogP contribution in [-0.2, 0) is 0 Å². The minimum atomic E-state index is -2.89. The Kier molecular flexibility index (Phi) is 5.89. The van der Waals surface area contributed by atoms with Crippen molar-refractivity contribution in [3.63, 3.8) is 0 Å². The fraction of sp³-hybridized carbons (Fsp3) is 0.167. The van der Waals surface area contributed by atoms with Crippen LogP contribution in [-0.4, -0.2) is 26.6 Å². The Balaban J connectivity index is 2.12. The smallest absolute Gasteiger partial charge is 0.387 e. The highest BCUT2D eigenvalue weighted by Crippen LogP contribution is 2.25. The van der Waals surface area contributed by atoms with Gasteiger partial charge in [0.25, 0.3) is 0 Å². The minimum absolute atomic E-state index is 0.00218. The van der Waals surface area contributed by atoms with Crippen molar-refractivity contribution < 1.29 is 27.8 Å². The number of ketones is 1. The molecule has 4 nitrogen and oxygen atoms in total. The van der Waals surface area contributed by atoms with Gasteiger partial charge in [-0.05, 0) is 48.6 Å². The van der Waals surface area contributed by atoms with E-state index in [1.54, 1.807) is 31.4 Å². The normalized spacial score (nSPS) is 10.9.